The molecule has 0 unspecified atom stereocenters. The van der Waals surface area contributed by atoms with Crippen LogP contribution in [0, 0.1) is 5.92 Å². The van der Waals surface area contributed by atoms with Crippen LogP contribution in [0.2, 0.25) is 0 Å². The van der Waals surface area contributed by atoms with Gasteiger partial charge in [-0.1, -0.05) is 20.3 Å². The van der Waals surface area contributed by atoms with E-state index in [1.165, 1.54) is 43.1 Å². The van der Waals surface area contributed by atoms with Crippen molar-refractivity contribution in [2.75, 3.05) is 19.6 Å². The van der Waals surface area contributed by atoms with Gasteiger partial charge in [0.25, 0.3) is 0 Å². The maximum absolute atomic E-state index is 4.72. The maximum Gasteiger partial charge on any atom is 0.107 e. The van der Waals surface area contributed by atoms with Gasteiger partial charge < -0.3 is 5.32 Å². The molecule has 1 N–H and O–H groups in total. The summed E-state index contributed by atoms with van der Waals surface area (Å²) in [7, 11) is 0. The van der Waals surface area contributed by atoms with E-state index in [2.05, 4.69) is 29.4 Å². The van der Waals surface area contributed by atoms with Crippen LogP contribution in [0.15, 0.2) is 5.38 Å². The molecule has 0 spiro atoms. The molecular weight excluding hydrogens is 242 g/mol. The van der Waals surface area contributed by atoms with Crippen molar-refractivity contribution in [2.45, 2.75) is 46.2 Å². The molecule has 4 heteroatoms. The van der Waals surface area contributed by atoms with Crippen molar-refractivity contribution in [3.05, 3.63) is 16.1 Å². The standard InChI is InChI=1S/C14H25N3S/c1-12(2)8-15-9-14-16-13(11-18-14)10-17-6-4-3-5-7-17/h11-12,15H,3-10H2,1-2H3. The van der Waals surface area contributed by atoms with Gasteiger partial charge in [0.2, 0.25) is 0 Å². The average Bonchev–Trinajstić information content (AvgIpc) is 2.78. The summed E-state index contributed by atoms with van der Waals surface area (Å²) in [6.07, 6.45) is 4.11. The summed E-state index contributed by atoms with van der Waals surface area (Å²) in [6, 6.07) is 0. The maximum atomic E-state index is 4.72. The lowest BCUT2D eigenvalue weighted by Gasteiger charge is -2.25. The van der Waals surface area contributed by atoms with Crippen LogP contribution in [0.1, 0.15) is 43.8 Å². The van der Waals surface area contributed by atoms with E-state index in [-0.39, 0.29) is 0 Å². The van der Waals surface area contributed by atoms with Crippen LogP contribution in [0.5, 0.6) is 0 Å². The quantitative estimate of drug-likeness (QED) is 0.859. The second kappa shape index (κ2) is 7.22. The van der Waals surface area contributed by atoms with Crippen LogP contribution < -0.4 is 5.32 Å². The molecule has 1 aliphatic heterocycles. The van der Waals surface area contributed by atoms with Gasteiger partial charge in [-0.25, -0.2) is 4.98 Å². The van der Waals surface area contributed by atoms with Crippen molar-refractivity contribution < 1.29 is 0 Å². The number of thiazole rings is 1. The Morgan fingerprint density at radius 2 is 2.11 bits per heavy atom. The van der Waals surface area contributed by atoms with Crippen LogP contribution in [0.25, 0.3) is 0 Å². The van der Waals surface area contributed by atoms with Crippen molar-refractivity contribution in [3.8, 4) is 0 Å². The fraction of sp³-hybridized carbons (Fsp3) is 0.786. The van der Waals surface area contributed by atoms with E-state index in [0.717, 1.165) is 19.6 Å². The van der Waals surface area contributed by atoms with E-state index in [4.69, 9.17) is 4.98 Å². The van der Waals surface area contributed by atoms with E-state index in [9.17, 15) is 0 Å². The lowest BCUT2D eigenvalue weighted by Crippen LogP contribution is -2.29. The predicted octanol–water partition coefficient (Wildman–Crippen LogP) is 2.87. The summed E-state index contributed by atoms with van der Waals surface area (Å²) in [5, 5.41) is 6.90. The largest absolute Gasteiger partial charge is 0.310 e. The predicted molar refractivity (Wildman–Crippen MR) is 77.8 cm³/mol. The second-order valence-corrected chi connectivity index (χ2v) is 6.54. The number of likely N-dealkylation sites (tertiary alicyclic amines) is 1. The fourth-order valence-electron chi connectivity index (χ4n) is 2.32. The zero-order valence-electron chi connectivity index (χ0n) is 11.6. The van der Waals surface area contributed by atoms with E-state index in [1.54, 1.807) is 11.3 Å². The lowest BCUT2D eigenvalue weighted by molar-refractivity contribution is 0.219. The van der Waals surface area contributed by atoms with E-state index < -0.39 is 0 Å². The average molecular weight is 267 g/mol. The number of rotatable bonds is 6. The highest BCUT2D eigenvalue weighted by atomic mass is 32.1. The molecule has 3 nitrogen and oxygen atoms in total. The molecule has 0 saturated carbocycles. The van der Waals surface area contributed by atoms with Gasteiger partial charge in [-0.15, -0.1) is 11.3 Å². The van der Waals surface area contributed by atoms with Gasteiger partial charge in [0, 0.05) is 18.5 Å². The SMILES string of the molecule is CC(C)CNCc1nc(CN2CCCCC2)cs1. The highest BCUT2D eigenvalue weighted by molar-refractivity contribution is 7.09. The van der Waals surface area contributed by atoms with Crippen LogP contribution in [-0.4, -0.2) is 29.5 Å². The molecule has 0 atom stereocenters. The first-order chi connectivity index (χ1) is 8.74. The third-order valence-corrected chi connectivity index (χ3v) is 4.16. The third-order valence-electron chi connectivity index (χ3n) is 3.26. The van der Waals surface area contributed by atoms with Gasteiger partial charge in [-0.2, -0.15) is 0 Å². The molecule has 1 aliphatic rings. The minimum absolute atomic E-state index is 0.706. The topological polar surface area (TPSA) is 28.2 Å². The van der Waals surface area contributed by atoms with Crippen molar-refractivity contribution in [2.24, 2.45) is 5.92 Å². The zero-order valence-corrected chi connectivity index (χ0v) is 12.4. The highest BCUT2D eigenvalue weighted by Crippen LogP contribution is 2.15. The first-order valence-corrected chi connectivity index (χ1v) is 7.98. The molecule has 102 valence electrons. The Bertz CT molecular complexity index is 343. The second-order valence-electron chi connectivity index (χ2n) is 5.59. The summed E-state index contributed by atoms with van der Waals surface area (Å²) in [6.45, 7) is 9.99. The van der Waals surface area contributed by atoms with Crippen LogP contribution >= 0.6 is 11.3 Å². The fourth-order valence-corrected chi connectivity index (χ4v) is 3.07. The minimum atomic E-state index is 0.706. The van der Waals surface area contributed by atoms with Gasteiger partial charge >= 0.3 is 0 Å². The van der Waals surface area contributed by atoms with Crippen molar-refractivity contribution in [1.29, 1.82) is 0 Å². The molecule has 0 aromatic carbocycles. The zero-order chi connectivity index (χ0) is 12.8. The Balaban J connectivity index is 1.74. The van der Waals surface area contributed by atoms with Crippen LogP contribution in [-0.2, 0) is 13.1 Å². The lowest BCUT2D eigenvalue weighted by atomic mass is 10.1. The highest BCUT2D eigenvalue weighted by Gasteiger charge is 2.12. The van der Waals surface area contributed by atoms with Gasteiger partial charge in [0.15, 0.2) is 0 Å². The first kappa shape index (κ1) is 14.0. The number of nitrogens with one attached hydrogen (secondary N) is 1. The first-order valence-electron chi connectivity index (χ1n) is 7.10. The molecule has 2 heterocycles. The van der Waals surface area contributed by atoms with E-state index in [0.29, 0.717) is 5.92 Å². The summed E-state index contributed by atoms with van der Waals surface area (Å²) in [5.74, 6) is 0.706. The smallest absolute Gasteiger partial charge is 0.107 e. The molecule has 1 fully saturated rings. The summed E-state index contributed by atoms with van der Waals surface area (Å²) >= 11 is 1.79. The van der Waals surface area contributed by atoms with E-state index >= 15 is 0 Å². The van der Waals surface area contributed by atoms with Gasteiger partial charge in [-0.3, -0.25) is 4.90 Å². The molecule has 0 radical (unpaired) electrons. The Morgan fingerprint density at radius 3 is 2.83 bits per heavy atom. The van der Waals surface area contributed by atoms with Gasteiger partial charge in [-0.05, 0) is 38.4 Å². The molecular formula is C14H25N3S. The molecule has 1 saturated heterocycles. The minimum Gasteiger partial charge on any atom is -0.310 e. The van der Waals surface area contributed by atoms with Crippen molar-refractivity contribution in [3.63, 3.8) is 0 Å². The van der Waals surface area contributed by atoms with Gasteiger partial charge in [0.05, 0.1) is 5.69 Å². The van der Waals surface area contributed by atoms with Crippen molar-refractivity contribution in [1.82, 2.24) is 15.2 Å². The Kier molecular flexibility index (Phi) is 5.60. The number of hydrogen-bond acceptors (Lipinski definition) is 4. The monoisotopic (exact) mass is 267 g/mol. The molecule has 0 amide bonds. The van der Waals surface area contributed by atoms with Gasteiger partial charge in [0.1, 0.15) is 5.01 Å². The normalized spacial score (nSPS) is 17.5. The Hall–Kier alpha value is -0.450. The summed E-state index contributed by atoms with van der Waals surface area (Å²) < 4.78 is 0. The molecule has 1 aromatic heterocycles. The van der Waals surface area contributed by atoms with Crippen LogP contribution in [0.3, 0.4) is 0 Å². The number of piperidine rings is 1. The van der Waals surface area contributed by atoms with E-state index in [1.807, 2.05) is 0 Å². The molecule has 2 rings (SSSR count). The molecule has 0 bridgehead atoms. The Labute approximate surface area is 115 Å². The Morgan fingerprint density at radius 1 is 1.33 bits per heavy atom. The number of nitrogens with zero attached hydrogens (tertiary/aromatic N) is 2. The summed E-state index contributed by atoms with van der Waals surface area (Å²) in [4.78, 5) is 7.25. The van der Waals surface area contributed by atoms with Crippen molar-refractivity contribution >= 4 is 11.3 Å². The number of aromatic nitrogens is 1. The molecule has 0 aliphatic carbocycles. The number of hydrogen-bond donors (Lipinski definition) is 1. The third kappa shape index (κ3) is 4.67. The molecule has 18 heavy (non-hydrogen) atoms. The molecule has 1 aromatic rings. The van der Waals surface area contributed by atoms with Crippen LogP contribution in [0.4, 0.5) is 0 Å². The summed E-state index contributed by atoms with van der Waals surface area (Å²) in [5.41, 5.74) is 1.25.